The van der Waals surface area contributed by atoms with Gasteiger partial charge in [0, 0.05) is 57.1 Å². The number of hydrogen-bond donors (Lipinski definition) is 0. The number of anilines is 2. The molecule has 0 saturated carbocycles. The second-order valence-electron chi connectivity index (χ2n) is 7.92. The summed E-state index contributed by atoms with van der Waals surface area (Å²) < 4.78 is 0. The third-order valence-electron chi connectivity index (χ3n) is 5.78. The molecule has 1 saturated heterocycles. The van der Waals surface area contributed by atoms with Gasteiger partial charge in [-0.15, -0.1) is 0 Å². The summed E-state index contributed by atoms with van der Waals surface area (Å²) in [5, 5.41) is 11.6. The van der Waals surface area contributed by atoms with Crippen LogP contribution < -0.4 is 9.80 Å². The molecule has 3 aromatic rings. The highest BCUT2D eigenvalue weighted by Gasteiger charge is 2.24. The van der Waals surface area contributed by atoms with Crippen molar-refractivity contribution in [3.63, 3.8) is 0 Å². The van der Waals surface area contributed by atoms with E-state index in [1.165, 1.54) is 0 Å². The van der Waals surface area contributed by atoms with Gasteiger partial charge in [-0.05, 0) is 29.8 Å². The lowest BCUT2D eigenvalue weighted by atomic mass is 10.1. The Balaban J connectivity index is 1.49. The first-order valence-corrected chi connectivity index (χ1v) is 10.7. The van der Waals surface area contributed by atoms with Gasteiger partial charge in [0.2, 0.25) is 0 Å². The van der Waals surface area contributed by atoms with Gasteiger partial charge in [-0.25, -0.2) is 0 Å². The van der Waals surface area contributed by atoms with Crippen LogP contribution in [0.1, 0.15) is 15.9 Å². The van der Waals surface area contributed by atoms with Gasteiger partial charge in [0.05, 0.1) is 4.92 Å². The summed E-state index contributed by atoms with van der Waals surface area (Å²) in [5.74, 6) is 0.0391. The molecule has 164 valence electrons. The molecule has 0 bridgehead atoms. The molecule has 4 rings (SSSR count). The van der Waals surface area contributed by atoms with Crippen LogP contribution in [0.25, 0.3) is 0 Å². The van der Waals surface area contributed by atoms with Crippen molar-refractivity contribution in [2.45, 2.75) is 6.54 Å². The van der Waals surface area contributed by atoms with Crippen LogP contribution >= 0.6 is 0 Å². The van der Waals surface area contributed by atoms with Crippen molar-refractivity contribution in [2.24, 2.45) is 0 Å². The second kappa shape index (κ2) is 9.51. The second-order valence-corrected chi connectivity index (χ2v) is 7.92. The van der Waals surface area contributed by atoms with E-state index in [9.17, 15) is 14.9 Å². The maximum absolute atomic E-state index is 12.7. The first kappa shape index (κ1) is 21.4. The molecule has 32 heavy (non-hydrogen) atoms. The molecule has 1 aliphatic heterocycles. The van der Waals surface area contributed by atoms with Crippen molar-refractivity contribution < 1.29 is 9.72 Å². The van der Waals surface area contributed by atoms with E-state index < -0.39 is 0 Å². The zero-order valence-corrected chi connectivity index (χ0v) is 18.1. The monoisotopic (exact) mass is 430 g/mol. The lowest BCUT2D eigenvalue weighted by molar-refractivity contribution is -0.384. The molecular formula is C25H26N4O3. The zero-order chi connectivity index (χ0) is 22.5. The van der Waals surface area contributed by atoms with Crippen molar-refractivity contribution in [2.75, 3.05) is 43.0 Å². The Bertz CT molecular complexity index is 1080. The van der Waals surface area contributed by atoms with E-state index >= 15 is 0 Å². The molecule has 7 nitrogen and oxygen atoms in total. The van der Waals surface area contributed by atoms with Gasteiger partial charge >= 0.3 is 0 Å². The summed E-state index contributed by atoms with van der Waals surface area (Å²) in [6.45, 7) is 3.15. The van der Waals surface area contributed by atoms with Crippen molar-refractivity contribution in [3.8, 4) is 0 Å². The first-order valence-electron chi connectivity index (χ1n) is 10.7. The summed E-state index contributed by atoms with van der Waals surface area (Å²) in [6.07, 6.45) is 0. The summed E-state index contributed by atoms with van der Waals surface area (Å²) >= 11 is 0. The number of rotatable bonds is 6. The molecule has 0 atom stereocenters. The maximum atomic E-state index is 12.7. The maximum Gasteiger partial charge on any atom is 0.292 e. The van der Waals surface area contributed by atoms with Gasteiger partial charge in [-0.2, -0.15) is 0 Å². The molecule has 1 fully saturated rings. The fourth-order valence-electron chi connectivity index (χ4n) is 4.04. The van der Waals surface area contributed by atoms with E-state index in [0.717, 1.165) is 11.3 Å². The molecule has 0 N–H and O–H groups in total. The third-order valence-corrected chi connectivity index (χ3v) is 5.78. The third kappa shape index (κ3) is 4.72. The van der Waals surface area contributed by atoms with Crippen LogP contribution in [0.2, 0.25) is 0 Å². The normalized spacial score (nSPS) is 13.7. The minimum Gasteiger partial charge on any atom is -0.368 e. The van der Waals surface area contributed by atoms with E-state index in [4.69, 9.17) is 0 Å². The lowest BCUT2D eigenvalue weighted by Gasteiger charge is -2.36. The molecule has 0 radical (unpaired) electrons. The quantitative estimate of drug-likeness (QED) is 0.433. The van der Waals surface area contributed by atoms with Gasteiger partial charge < -0.3 is 14.7 Å². The smallest absolute Gasteiger partial charge is 0.292 e. The van der Waals surface area contributed by atoms with Gasteiger partial charge in [-0.3, -0.25) is 14.9 Å². The summed E-state index contributed by atoms with van der Waals surface area (Å²) in [6, 6.07) is 24.5. The van der Waals surface area contributed by atoms with Crippen LogP contribution in [0.15, 0.2) is 78.9 Å². The van der Waals surface area contributed by atoms with Gasteiger partial charge in [0.1, 0.15) is 5.69 Å². The molecule has 3 aromatic carbocycles. The molecule has 7 heteroatoms. The lowest BCUT2D eigenvalue weighted by Crippen LogP contribution is -2.48. The van der Waals surface area contributed by atoms with Gasteiger partial charge in [-0.1, -0.05) is 48.5 Å². The Morgan fingerprint density at radius 2 is 1.56 bits per heavy atom. The number of carbonyl (C=O) groups is 1. The summed E-state index contributed by atoms with van der Waals surface area (Å²) in [4.78, 5) is 30.0. The molecule has 1 aliphatic rings. The number of piperazine rings is 1. The van der Waals surface area contributed by atoms with E-state index in [2.05, 4.69) is 4.90 Å². The molecule has 0 aliphatic carbocycles. The summed E-state index contributed by atoms with van der Waals surface area (Å²) in [7, 11) is 1.87. The van der Waals surface area contributed by atoms with Crippen LogP contribution in [-0.4, -0.2) is 49.0 Å². The van der Waals surface area contributed by atoms with Crippen LogP contribution in [0.4, 0.5) is 17.1 Å². The van der Waals surface area contributed by atoms with Crippen molar-refractivity contribution in [1.82, 2.24) is 4.90 Å². The highest BCUT2D eigenvalue weighted by molar-refractivity contribution is 5.94. The number of nitro groups is 1. The Morgan fingerprint density at radius 3 is 2.19 bits per heavy atom. The fraction of sp³-hybridized carbons (Fsp3) is 0.240. The number of nitrogens with zero attached hydrogens (tertiary/aromatic N) is 4. The molecule has 0 unspecified atom stereocenters. The SMILES string of the molecule is CN(Cc1ccccc1)c1cc(N2CCN(C(=O)c3ccccc3)CC2)ccc1[N+](=O)[O-]. The highest BCUT2D eigenvalue weighted by atomic mass is 16.6. The average molecular weight is 431 g/mol. The predicted molar refractivity (Wildman–Crippen MR) is 126 cm³/mol. The van der Waals surface area contributed by atoms with Crippen LogP contribution in [0.5, 0.6) is 0 Å². The van der Waals surface area contributed by atoms with Crippen molar-refractivity contribution in [3.05, 3.63) is 100 Å². The van der Waals surface area contributed by atoms with Crippen LogP contribution in [0, 0.1) is 10.1 Å². The van der Waals surface area contributed by atoms with Crippen LogP contribution in [-0.2, 0) is 6.54 Å². The molecule has 1 amide bonds. The average Bonchev–Trinajstić information content (AvgIpc) is 2.84. The van der Waals surface area contributed by atoms with Gasteiger partial charge in [0.25, 0.3) is 11.6 Å². The highest BCUT2D eigenvalue weighted by Crippen LogP contribution is 2.33. The molecule has 0 aromatic heterocycles. The number of benzene rings is 3. The zero-order valence-electron chi connectivity index (χ0n) is 18.1. The molecular weight excluding hydrogens is 404 g/mol. The predicted octanol–water partition coefficient (Wildman–Crippen LogP) is 4.19. The van der Waals surface area contributed by atoms with Crippen LogP contribution in [0.3, 0.4) is 0 Å². The number of nitro benzene ring substituents is 1. The van der Waals surface area contributed by atoms with E-state index in [0.29, 0.717) is 44.0 Å². The van der Waals surface area contributed by atoms with Gasteiger partial charge in [0.15, 0.2) is 0 Å². The largest absolute Gasteiger partial charge is 0.368 e. The summed E-state index contributed by atoms with van der Waals surface area (Å²) in [5.41, 5.74) is 3.38. The Labute approximate surface area is 187 Å². The Morgan fingerprint density at radius 1 is 0.938 bits per heavy atom. The molecule has 0 spiro atoms. The van der Waals surface area contributed by atoms with E-state index in [1.807, 2.05) is 83.6 Å². The number of amides is 1. The van der Waals surface area contributed by atoms with Crippen molar-refractivity contribution in [1.29, 1.82) is 0 Å². The minimum absolute atomic E-state index is 0.0391. The standard InChI is InChI=1S/C25H26N4O3/c1-26(19-20-8-4-2-5-9-20)24-18-22(12-13-23(24)29(31)32)27-14-16-28(17-15-27)25(30)21-10-6-3-7-11-21/h2-13,18H,14-17,19H2,1H3. The fourth-order valence-corrected chi connectivity index (χ4v) is 4.04. The first-order chi connectivity index (χ1) is 15.5. The topological polar surface area (TPSA) is 69.9 Å². The van der Waals surface area contributed by atoms with Crippen molar-refractivity contribution >= 4 is 23.0 Å². The number of hydrogen-bond acceptors (Lipinski definition) is 5. The Kier molecular flexibility index (Phi) is 6.35. The van der Waals surface area contributed by atoms with E-state index in [-0.39, 0.29) is 16.5 Å². The van der Waals surface area contributed by atoms with E-state index in [1.54, 1.807) is 12.1 Å². The Hall–Kier alpha value is -3.87. The molecule has 1 heterocycles. The number of carbonyl (C=O) groups excluding carboxylic acids is 1. The minimum atomic E-state index is -0.336.